The Labute approximate surface area is 196 Å². The molecule has 0 saturated carbocycles. The minimum Gasteiger partial charge on any atom is -0.343 e. The molecule has 0 aliphatic carbocycles. The first-order chi connectivity index (χ1) is 16.8. The lowest BCUT2D eigenvalue weighted by molar-refractivity contribution is -0.120. The molecule has 4 aromatic rings. The number of nitrogens with zero attached hydrogens (tertiary/aromatic N) is 2. The number of fused-ring (bicyclic) bond motifs is 1. The first-order valence-corrected chi connectivity index (χ1v) is 10.2. The molecule has 0 unspecified atom stereocenters. The van der Waals surface area contributed by atoms with Gasteiger partial charge in [0.2, 0.25) is 0 Å². The molecule has 1 heterocycles. The third-order valence-corrected chi connectivity index (χ3v) is 4.92. The fourth-order valence-electron chi connectivity index (χ4n) is 3.26. The number of aromatic nitrogens is 2. The molecule has 1 aromatic heterocycles. The van der Waals surface area contributed by atoms with Gasteiger partial charge < -0.3 is 5.32 Å². The van der Waals surface area contributed by atoms with Crippen LogP contribution in [-0.4, -0.2) is 34.0 Å². The number of carbonyl (C=O) groups is 3. The summed E-state index contributed by atoms with van der Waals surface area (Å²) in [5.41, 5.74) is 3.74. The van der Waals surface area contributed by atoms with Gasteiger partial charge in [-0.05, 0) is 30.3 Å². The number of hydrogen-bond acceptors (Lipinski definition) is 5. The highest BCUT2D eigenvalue weighted by molar-refractivity contribution is 6.05. The monoisotopic (exact) mass is 477 g/mol. The lowest BCUT2D eigenvalue weighted by Crippen LogP contribution is -2.47. The van der Waals surface area contributed by atoms with Crippen molar-refractivity contribution < 1.29 is 23.2 Å². The summed E-state index contributed by atoms with van der Waals surface area (Å²) >= 11 is 0. The second-order valence-corrected chi connectivity index (χ2v) is 7.26. The van der Waals surface area contributed by atoms with E-state index in [2.05, 4.69) is 21.3 Å². The fraction of sp³-hybridized carbons (Fsp3) is 0.0417. The topological polar surface area (TPSA) is 122 Å². The van der Waals surface area contributed by atoms with E-state index in [4.69, 9.17) is 0 Å². The highest BCUT2D eigenvalue weighted by atomic mass is 19.1. The van der Waals surface area contributed by atoms with E-state index in [-0.39, 0.29) is 16.5 Å². The number of hydrogen-bond donors (Lipinski definition) is 3. The molecule has 3 N–H and O–H groups in total. The van der Waals surface area contributed by atoms with Crippen LogP contribution in [0.1, 0.15) is 20.8 Å². The van der Waals surface area contributed by atoms with Gasteiger partial charge in [-0.15, -0.1) is 0 Å². The van der Waals surface area contributed by atoms with Crippen molar-refractivity contribution in [1.82, 2.24) is 25.9 Å². The minimum atomic E-state index is -1.08. The molecule has 0 bridgehead atoms. The highest BCUT2D eigenvalue weighted by Gasteiger charge is 2.18. The van der Waals surface area contributed by atoms with Crippen molar-refractivity contribution in [2.45, 2.75) is 0 Å². The first kappa shape index (κ1) is 23.2. The molecule has 3 amide bonds. The summed E-state index contributed by atoms with van der Waals surface area (Å²) < 4.78 is 27.8. The molecular weight excluding hydrogens is 460 g/mol. The Morgan fingerprint density at radius 3 is 2.23 bits per heavy atom. The SMILES string of the molecule is O=C(CNC(=O)c1ccc(F)cc1F)NNC(=O)c1nn(-c2ccccc2)c(=O)c2ccccc12. The summed E-state index contributed by atoms with van der Waals surface area (Å²) in [6.45, 7) is -0.604. The van der Waals surface area contributed by atoms with Crippen LogP contribution < -0.4 is 21.7 Å². The molecule has 0 atom stereocenters. The van der Waals surface area contributed by atoms with E-state index in [9.17, 15) is 28.0 Å². The molecular formula is C24H17F2N5O4. The van der Waals surface area contributed by atoms with Crippen molar-refractivity contribution >= 4 is 28.5 Å². The van der Waals surface area contributed by atoms with Crippen molar-refractivity contribution in [3.05, 3.63) is 106 Å². The van der Waals surface area contributed by atoms with Crippen LogP contribution in [0.2, 0.25) is 0 Å². The van der Waals surface area contributed by atoms with Crippen LogP contribution in [0.4, 0.5) is 8.78 Å². The molecule has 0 saturated heterocycles. The minimum absolute atomic E-state index is 0.123. The largest absolute Gasteiger partial charge is 0.343 e. The Morgan fingerprint density at radius 2 is 1.51 bits per heavy atom. The van der Waals surface area contributed by atoms with Crippen molar-refractivity contribution in [2.24, 2.45) is 0 Å². The zero-order chi connectivity index (χ0) is 24.9. The van der Waals surface area contributed by atoms with Gasteiger partial charge in [0, 0.05) is 11.5 Å². The second-order valence-electron chi connectivity index (χ2n) is 7.26. The van der Waals surface area contributed by atoms with E-state index in [0.29, 0.717) is 11.8 Å². The Morgan fingerprint density at radius 1 is 0.829 bits per heavy atom. The Kier molecular flexibility index (Phi) is 6.58. The van der Waals surface area contributed by atoms with Crippen LogP contribution in [0.5, 0.6) is 0 Å². The van der Waals surface area contributed by atoms with Crippen LogP contribution in [0, 0.1) is 11.6 Å². The Balaban J connectivity index is 1.48. The summed E-state index contributed by atoms with van der Waals surface area (Å²) in [6.07, 6.45) is 0. The van der Waals surface area contributed by atoms with Gasteiger partial charge in [-0.1, -0.05) is 36.4 Å². The summed E-state index contributed by atoms with van der Waals surface area (Å²) in [6, 6.07) is 17.3. The van der Waals surface area contributed by atoms with E-state index in [1.165, 1.54) is 0 Å². The predicted octanol–water partition coefficient (Wildman–Crippen LogP) is 1.85. The van der Waals surface area contributed by atoms with Gasteiger partial charge in [-0.2, -0.15) is 9.78 Å². The van der Waals surface area contributed by atoms with E-state index >= 15 is 0 Å². The molecule has 0 radical (unpaired) electrons. The number of carbonyl (C=O) groups excluding carboxylic acids is 3. The van der Waals surface area contributed by atoms with Gasteiger partial charge in [-0.3, -0.25) is 30.0 Å². The Bertz CT molecular complexity index is 1510. The van der Waals surface area contributed by atoms with Gasteiger partial charge >= 0.3 is 0 Å². The molecule has 35 heavy (non-hydrogen) atoms. The number of amides is 3. The molecule has 9 nitrogen and oxygen atoms in total. The van der Waals surface area contributed by atoms with Gasteiger partial charge in [0.15, 0.2) is 5.69 Å². The average Bonchev–Trinajstić information content (AvgIpc) is 2.86. The maximum absolute atomic E-state index is 13.7. The molecule has 11 heteroatoms. The van der Waals surface area contributed by atoms with Crippen molar-refractivity contribution in [2.75, 3.05) is 6.54 Å². The molecule has 0 fully saturated rings. The Hall–Kier alpha value is -4.93. The summed E-state index contributed by atoms with van der Waals surface area (Å²) in [7, 11) is 0. The molecule has 0 spiro atoms. The number of rotatable bonds is 5. The third-order valence-electron chi connectivity index (χ3n) is 4.92. The maximum atomic E-state index is 13.7. The quantitative estimate of drug-likeness (QED) is 0.379. The van der Waals surface area contributed by atoms with Crippen LogP contribution in [-0.2, 0) is 4.79 Å². The number of nitrogens with one attached hydrogen (secondary N) is 3. The predicted molar refractivity (Wildman–Crippen MR) is 122 cm³/mol. The molecule has 0 aliphatic rings. The normalized spacial score (nSPS) is 10.6. The van der Waals surface area contributed by atoms with E-state index in [0.717, 1.165) is 16.8 Å². The van der Waals surface area contributed by atoms with E-state index in [1.54, 1.807) is 54.6 Å². The third kappa shape index (κ3) is 5.03. The summed E-state index contributed by atoms with van der Waals surface area (Å²) in [4.78, 5) is 49.8. The van der Waals surface area contributed by atoms with E-state index in [1.807, 2.05) is 0 Å². The second kappa shape index (κ2) is 9.91. The van der Waals surface area contributed by atoms with Crippen LogP contribution in [0.3, 0.4) is 0 Å². The van der Waals surface area contributed by atoms with Crippen molar-refractivity contribution in [3.63, 3.8) is 0 Å². The summed E-state index contributed by atoms with van der Waals surface area (Å²) in [5.74, 6) is -4.50. The number of hydrazine groups is 1. The van der Waals surface area contributed by atoms with Crippen LogP contribution >= 0.6 is 0 Å². The highest BCUT2D eigenvalue weighted by Crippen LogP contribution is 2.15. The maximum Gasteiger partial charge on any atom is 0.290 e. The van der Waals surface area contributed by atoms with Crippen LogP contribution in [0.15, 0.2) is 77.6 Å². The lowest BCUT2D eigenvalue weighted by atomic mass is 10.1. The number of benzene rings is 3. The lowest BCUT2D eigenvalue weighted by Gasteiger charge is -2.12. The average molecular weight is 477 g/mol. The van der Waals surface area contributed by atoms with Crippen molar-refractivity contribution in [3.8, 4) is 5.69 Å². The fourth-order valence-corrected chi connectivity index (χ4v) is 3.26. The zero-order valence-electron chi connectivity index (χ0n) is 17.9. The molecule has 4 rings (SSSR count). The molecule has 176 valence electrons. The number of halogens is 2. The summed E-state index contributed by atoms with van der Waals surface area (Å²) in [5, 5.41) is 6.86. The molecule has 3 aromatic carbocycles. The van der Waals surface area contributed by atoms with Crippen LogP contribution in [0.25, 0.3) is 16.5 Å². The van der Waals surface area contributed by atoms with Gasteiger partial charge in [-0.25, -0.2) is 8.78 Å². The van der Waals surface area contributed by atoms with Gasteiger partial charge in [0.05, 0.1) is 23.2 Å². The van der Waals surface area contributed by atoms with E-state index < -0.39 is 47.0 Å². The molecule has 0 aliphatic heterocycles. The standard InChI is InChI=1S/C24H17F2N5O4/c25-14-10-11-18(19(26)12-14)22(33)27-13-20(32)28-29-23(34)21-16-8-4-5-9-17(16)24(35)31(30-21)15-6-2-1-3-7-15/h1-12H,13H2,(H,27,33)(H,28,32)(H,29,34). The zero-order valence-corrected chi connectivity index (χ0v) is 17.9. The first-order valence-electron chi connectivity index (χ1n) is 10.2. The number of para-hydroxylation sites is 1. The van der Waals surface area contributed by atoms with Gasteiger partial charge in [0.25, 0.3) is 23.3 Å². The van der Waals surface area contributed by atoms with Crippen molar-refractivity contribution in [1.29, 1.82) is 0 Å². The smallest absolute Gasteiger partial charge is 0.290 e. The van der Waals surface area contributed by atoms with Gasteiger partial charge in [0.1, 0.15) is 11.6 Å².